The molecular weight excluding hydrogens is 256 g/mol. The summed E-state index contributed by atoms with van der Waals surface area (Å²) in [6.07, 6.45) is 1.77. The summed E-state index contributed by atoms with van der Waals surface area (Å²) in [6.45, 7) is 0.772. The van der Waals surface area contributed by atoms with E-state index in [2.05, 4.69) is 15.9 Å². The molecule has 80 valence electrons. The molecule has 1 aromatic rings. The number of halogens is 1. The lowest BCUT2D eigenvalue weighted by Crippen LogP contribution is -2.48. The first-order valence-electron chi connectivity index (χ1n) is 5.01. The number of nitrogens with two attached hydrogens (primary N) is 1. The second kappa shape index (κ2) is 4.33. The highest BCUT2D eigenvalue weighted by Gasteiger charge is 2.26. The molecule has 2 N–H and O–H groups in total. The van der Waals surface area contributed by atoms with Gasteiger partial charge in [-0.15, -0.1) is 0 Å². The van der Waals surface area contributed by atoms with Crippen LogP contribution in [-0.4, -0.2) is 18.5 Å². The number of carbonyl (C=O) groups is 1. The maximum Gasteiger partial charge on any atom is 0.243 e. The normalized spacial score (nSPS) is 21.9. The van der Waals surface area contributed by atoms with E-state index in [9.17, 15) is 4.79 Å². The molecule has 1 aliphatic heterocycles. The molecular formula is C11H13BrN2O. The third-order valence-corrected chi connectivity index (χ3v) is 3.15. The lowest BCUT2D eigenvalue weighted by Gasteiger charge is -2.30. The molecule has 1 heterocycles. The summed E-state index contributed by atoms with van der Waals surface area (Å²) in [6, 6.07) is 7.40. The zero-order chi connectivity index (χ0) is 10.8. The molecule has 0 aromatic heterocycles. The van der Waals surface area contributed by atoms with E-state index in [1.54, 1.807) is 4.90 Å². The highest BCUT2D eigenvalue weighted by atomic mass is 79.9. The summed E-state index contributed by atoms with van der Waals surface area (Å²) in [5.74, 6) is 0.0311. The zero-order valence-electron chi connectivity index (χ0n) is 8.32. The number of carbonyl (C=O) groups excluding carboxylic acids is 1. The second-order valence-corrected chi connectivity index (χ2v) is 4.63. The van der Waals surface area contributed by atoms with Crippen molar-refractivity contribution in [2.75, 3.05) is 11.4 Å². The number of benzene rings is 1. The van der Waals surface area contributed by atoms with Crippen LogP contribution >= 0.6 is 15.9 Å². The Balaban J connectivity index is 2.22. The van der Waals surface area contributed by atoms with Gasteiger partial charge in [0.2, 0.25) is 5.91 Å². The molecule has 15 heavy (non-hydrogen) atoms. The molecule has 0 unspecified atom stereocenters. The predicted octanol–water partition coefficient (Wildman–Crippen LogP) is 1.90. The molecule has 0 bridgehead atoms. The topological polar surface area (TPSA) is 46.3 Å². The average Bonchev–Trinajstić information content (AvgIpc) is 2.24. The van der Waals surface area contributed by atoms with E-state index in [1.165, 1.54) is 0 Å². The number of anilines is 1. The van der Waals surface area contributed by atoms with Gasteiger partial charge in [-0.1, -0.05) is 15.9 Å². The molecule has 1 amide bonds. The van der Waals surface area contributed by atoms with E-state index in [0.29, 0.717) is 0 Å². The minimum atomic E-state index is -0.331. The molecule has 1 saturated heterocycles. The predicted molar refractivity (Wildman–Crippen MR) is 63.7 cm³/mol. The van der Waals surface area contributed by atoms with E-state index in [4.69, 9.17) is 5.73 Å². The summed E-state index contributed by atoms with van der Waals surface area (Å²) in [5, 5.41) is 0. The van der Waals surface area contributed by atoms with Crippen LogP contribution in [0.5, 0.6) is 0 Å². The van der Waals surface area contributed by atoms with Gasteiger partial charge in [0.15, 0.2) is 0 Å². The van der Waals surface area contributed by atoms with Gasteiger partial charge in [-0.05, 0) is 37.1 Å². The maximum atomic E-state index is 11.8. The molecule has 4 heteroatoms. The molecule has 0 aliphatic carbocycles. The number of nitrogens with zero attached hydrogens (tertiary/aromatic N) is 1. The minimum Gasteiger partial charge on any atom is -0.320 e. The Morgan fingerprint density at radius 3 is 2.67 bits per heavy atom. The Morgan fingerprint density at radius 1 is 1.33 bits per heavy atom. The van der Waals surface area contributed by atoms with Crippen LogP contribution < -0.4 is 10.6 Å². The van der Waals surface area contributed by atoms with E-state index in [1.807, 2.05) is 24.3 Å². The Bertz CT molecular complexity index is 363. The van der Waals surface area contributed by atoms with Crippen molar-refractivity contribution in [3.05, 3.63) is 28.7 Å². The van der Waals surface area contributed by atoms with Crippen LogP contribution in [0.2, 0.25) is 0 Å². The van der Waals surface area contributed by atoms with Crippen LogP contribution in [0.3, 0.4) is 0 Å². The SMILES string of the molecule is N[C@@H]1CCCN(c2ccc(Br)cc2)C1=O. The highest BCUT2D eigenvalue weighted by Crippen LogP contribution is 2.22. The highest BCUT2D eigenvalue weighted by molar-refractivity contribution is 9.10. The van der Waals surface area contributed by atoms with Crippen molar-refractivity contribution in [1.82, 2.24) is 0 Å². The van der Waals surface area contributed by atoms with Crippen molar-refractivity contribution in [2.24, 2.45) is 5.73 Å². The minimum absolute atomic E-state index is 0.0311. The summed E-state index contributed by atoms with van der Waals surface area (Å²) in [4.78, 5) is 13.6. The smallest absolute Gasteiger partial charge is 0.243 e. The van der Waals surface area contributed by atoms with Gasteiger partial charge in [0.05, 0.1) is 6.04 Å². The van der Waals surface area contributed by atoms with Gasteiger partial charge in [-0.2, -0.15) is 0 Å². The lowest BCUT2D eigenvalue weighted by molar-refractivity contribution is -0.120. The number of piperidine rings is 1. The monoisotopic (exact) mass is 268 g/mol. The van der Waals surface area contributed by atoms with Crippen LogP contribution in [0.15, 0.2) is 28.7 Å². The summed E-state index contributed by atoms with van der Waals surface area (Å²) in [7, 11) is 0. The van der Waals surface area contributed by atoms with Crippen LogP contribution in [0.25, 0.3) is 0 Å². The molecule has 1 fully saturated rings. The Morgan fingerprint density at radius 2 is 2.00 bits per heavy atom. The van der Waals surface area contributed by atoms with E-state index < -0.39 is 0 Å². The zero-order valence-corrected chi connectivity index (χ0v) is 9.90. The third-order valence-electron chi connectivity index (χ3n) is 2.62. The first-order valence-corrected chi connectivity index (χ1v) is 5.80. The van der Waals surface area contributed by atoms with Crippen molar-refractivity contribution in [2.45, 2.75) is 18.9 Å². The molecule has 1 atom stereocenters. The fourth-order valence-electron chi connectivity index (χ4n) is 1.78. The number of rotatable bonds is 1. The molecule has 3 nitrogen and oxygen atoms in total. The summed E-state index contributed by atoms with van der Waals surface area (Å²) >= 11 is 3.37. The van der Waals surface area contributed by atoms with Crippen LogP contribution in [-0.2, 0) is 4.79 Å². The average molecular weight is 269 g/mol. The number of hydrogen-bond acceptors (Lipinski definition) is 2. The van der Waals surface area contributed by atoms with E-state index in [0.717, 1.165) is 29.5 Å². The van der Waals surface area contributed by atoms with Gasteiger partial charge >= 0.3 is 0 Å². The molecule has 2 rings (SSSR count). The summed E-state index contributed by atoms with van der Waals surface area (Å²) in [5.41, 5.74) is 6.66. The second-order valence-electron chi connectivity index (χ2n) is 3.72. The van der Waals surface area contributed by atoms with Crippen molar-refractivity contribution in [1.29, 1.82) is 0 Å². The van der Waals surface area contributed by atoms with E-state index in [-0.39, 0.29) is 11.9 Å². The van der Waals surface area contributed by atoms with Crippen LogP contribution in [0.4, 0.5) is 5.69 Å². The Hall–Kier alpha value is -0.870. The molecule has 0 radical (unpaired) electrons. The fourth-order valence-corrected chi connectivity index (χ4v) is 2.04. The van der Waals surface area contributed by atoms with Gasteiger partial charge in [0.25, 0.3) is 0 Å². The Labute approximate surface area is 97.4 Å². The quantitative estimate of drug-likeness (QED) is 0.846. The van der Waals surface area contributed by atoms with Crippen molar-refractivity contribution in [3.8, 4) is 0 Å². The fraction of sp³-hybridized carbons (Fsp3) is 0.364. The standard InChI is InChI=1S/C11H13BrN2O/c12-8-3-5-9(6-4-8)14-7-1-2-10(13)11(14)15/h3-6,10H,1-2,7,13H2/t10-/m1/s1. The van der Waals surface area contributed by atoms with Gasteiger partial charge in [-0.3, -0.25) is 4.79 Å². The molecule has 0 spiro atoms. The number of amides is 1. The third kappa shape index (κ3) is 2.21. The first kappa shape index (κ1) is 10.6. The molecule has 0 saturated carbocycles. The molecule has 1 aliphatic rings. The first-order chi connectivity index (χ1) is 7.18. The van der Waals surface area contributed by atoms with Crippen molar-refractivity contribution < 1.29 is 4.79 Å². The van der Waals surface area contributed by atoms with Gasteiger partial charge in [-0.25, -0.2) is 0 Å². The van der Waals surface area contributed by atoms with Crippen molar-refractivity contribution >= 4 is 27.5 Å². The van der Waals surface area contributed by atoms with Crippen LogP contribution in [0.1, 0.15) is 12.8 Å². The largest absolute Gasteiger partial charge is 0.320 e. The Kier molecular flexibility index (Phi) is 3.07. The van der Waals surface area contributed by atoms with Crippen LogP contribution in [0, 0.1) is 0 Å². The van der Waals surface area contributed by atoms with Gasteiger partial charge < -0.3 is 10.6 Å². The number of hydrogen-bond donors (Lipinski definition) is 1. The van der Waals surface area contributed by atoms with E-state index >= 15 is 0 Å². The van der Waals surface area contributed by atoms with Gasteiger partial charge in [0.1, 0.15) is 0 Å². The summed E-state index contributed by atoms with van der Waals surface area (Å²) < 4.78 is 1.01. The molecule has 1 aromatic carbocycles. The lowest BCUT2D eigenvalue weighted by atomic mass is 10.1. The van der Waals surface area contributed by atoms with Gasteiger partial charge in [0, 0.05) is 16.7 Å². The van der Waals surface area contributed by atoms with Crippen molar-refractivity contribution in [3.63, 3.8) is 0 Å². The maximum absolute atomic E-state index is 11.8.